The smallest absolute Gasteiger partial charge is 0.437 e. The molecule has 37 heavy (non-hydrogen) atoms. The first kappa shape index (κ1) is 28.5. The number of carboxylic acids is 2. The number of halogens is 1. The van der Waals surface area contributed by atoms with Crippen LogP contribution in [0.5, 0.6) is 5.75 Å². The van der Waals surface area contributed by atoms with E-state index in [1.807, 2.05) is 0 Å². The standard InChI is InChI=1S/C17H18FN5O4.C4H6O6/c18-15-10(9-26-17(25)22-16(19)20)2-1-3-13(15)23-7-12(8-23)27-11-4-5-14(24)21-6-11;5-1(3(7)8)2(6)4(9)10/h1-6,12H,7-9H2,(H,21,24)(H4,19,20,22,25);1-2,5-6H,(H,7,8)(H,9,10)/t;1-,2-/m.1/s1. The van der Waals surface area contributed by atoms with Gasteiger partial charge in [-0.1, -0.05) is 12.1 Å². The number of hydrogen-bond acceptors (Lipinski definition) is 9. The van der Waals surface area contributed by atoms with Crippen molar-refractivity contribution in [3.05, 3.63) is 58.3 Å². The Hall–Kier alpha value is -4.70. The first-order valence-electron chi connectivity index (χ1n) is 10.3. The molecule has 2 heterocycles. The van der Waals surface area contributed by atoms with Crippen LogP contribution in [0.4, 0.5) is 14.9 Å². The van der Waals surface area contributed by atoms with Gasteiger partial charge in [-0.05, 0) is 12.1 Å². The summed E-state index contributed by atoms with van der Waals surface area (Å²) in [5.74, 6) is -3.91. The molecule has 1 saturated heterocycles. The van der Waals surface area contributed by atoms with E-state index in [0.717, 1.165) is 0 Å². The lowest BCUT2D eigenvalue weighted by molar-refractivity contribution is -0.165. The Kier molecular flexibility index (Phi) is 9.91. The number of nitrogens with one attached hydrogen (secondary N) is 1. The highest BCUT2D eigenvalue weighted by Gasteiger charge is 2.31. The van der Waals surface area contributed by atoms with E-state index < -0.39 is 42.0 Å². The van der Waals surface area contributed by atoms with E-state index in [2.05, 4.69) is 9.98 Å². The van der Waals surface area contributed by atoms with Crippen molar-refractivity contribution in [3.63, 3.8) is 0 Å². The summed E-state index contributed by atoms with van der Waals surface area (Å²) in [6.07, 6.45) is -4.16. The van der Waals surface area contributed by atoms with Crippen LogP contribution in [0.2, 0.25) is 0 Å². The number of guanidine groups is 1. The molecule has 1 aliphatic rings. The van der Waals surface area contributed by atoms with Crippen LogP contribution in [-0.2, 0) is 20.9 Å². The number of nitrogens with zero attached hydrogens (tertiary/aromatic N) is 2. The van der Waals surface area contributed by atoms with Gasteiger partial charge in [-0.25, -0.2) is 18.8 Å². The second-order valence-corrected chi connectivity index (χ2v) is 7.44. The third kappa shape index (κ3) is 8.48. The molecule has 0 spiro atoms. The molecule has 0 aliphatic carbocycles. The minimum Gasteiger partial charge on any atom is -0.485 e. The number of aliphatic imine (C=N–C) groups is 1. The maximum Gasteiger partial charge on any atom is 0.437 e. The normalized spacial score (nSPS) is 14.2. The van der Waals surface area contributed by atoms with Crippen LogP contribution in [0.3, 0.4) is 0 Å². The predicted octanol–water partition coefficient (Wildman–Crippen LogP) is -1.43. The molecule has 9 N–H and O–H groups in total. The SMILES string of the molecule is NC(N)=NC(=O)OCc1cccc(N2CC(Oc3ccc(=O)[nH]c3)C2)c1F.O=C(O)[C@H](O)[C@@H](O)C(=O)O. The van der Waals surface area contributed by atoms with E-state index in [0.29, 0.717) is 24.5 Å². The van der Waals surface area contributed by atoms with Crippen LogP contribution in [0, 0.1) is 5.82 Å². The molecule has 1 amide bonds. The van der Waals surface area contributed by atoms with Crippen molar-refractivity contribution in [2.45, 2.75) is 24.9 Å². The molecule has 0 unspecified atom stereocenters. The molecule has 0 saturated carbocycles. The second kappa shape index (κ2) is 12.8. The van der Waals surface area contributed by atoms with Crippen molar-refractivity contribution in [1.82, 2.24) is 4.98 Å². The molecule has 3 rings (SSSR count). The molecule has 2 atom stereocenters. The van der Waals surface area contributed by atoms with Crippen molar-refractivity contribution in [2.24, 2.45) is 16.5 Å². The van der Waals surface area contributed by atoms with Crippen LogP contribution in [-0.4, -0.2) is 80.8 Å². The number of benzene rings is 1. The second-order valence-electron chi connectivity index (χ2n) is 7.44. The number of aliphatic carboxylic acids is 2. The fourth-order valence-electron chi connectivity index (χ4n) is 2.84. The number of hydrogen-bond donors (Lipinski definition) is 7. The molecule has 16 heteroatoms. The lowest BCUT2D eigenvalue weighted by Crippen LogP contribution is -2.54. The fourth-order valence-corrected chi connectivity index (χ4v) is 2.84. The summed E-state index contributed by atoms with van der Waals surface area (Å²) in [7, 11) is 0. The molecular formula is C21H24FN5O10. The van der Waals surface area contributed by atoms with E-state index >= 15 is 0 Å². The van der Waals surface area contributed by atoms with Crippen LogP contribution in [0.15, 0.2) is 46.3 Å². The van der Waals surface area contributed by atoms with Crippen LogP contribution < -0.4 is 26.7 Å². The maximum absolute atomic E-state index is 14.7. The zero-order valence-electron chi connectivity index (χ0n) is 19.0. The van der Waals surface area contributed by atoms with Crippen LogP contribution >= 0.6 is 0 Å². The summed E-state index contributed by atoms with van der Waals surface area (Å²) in [6.45, 7) is 0.668. The first-order valence-corrected chi connectivity index (χ1v) is 10.3. The number of ether oxygens (including phenoxy) is 2. The average molecular weight is 525 g/mol. The summed E-state index contributed by atoms with van der Waals surface area (Å²) in [6, 6.07) is 7.76. The zero-order chi connectivity index (χ0) is 27.7. The quantitative estimate of drug-likeness (QED) is 0.154. The lowest BCUT2D eigenvalue weighted by atomic mass is 10.1. The molecule has 1 fully saturated rings. The average Bonchev–Trinajstić information content (AvgIpc) is 2.81. The highest BCUT2D eigenvalue weighted by atomic mass is 19.1. The Labute approximate surface area is 207 Å². The zero-order valence-corrected chi connectivity index (χ0v) is 19.0. The van der Waals surface area contributed by atoms with Crippen LogP contribution in [0.25, 0.3) is 0 Å². The number of aromatic amines is 1. The molecule has 0 bridgehead atoms. The molecule has 0 radical (unpaired) electrons. The predicted molar refractivity (Wildman–Crippen MR) is 123 cm³/mol. The molecular weight excluding hydrogens is 501 g/mol. The Morgan fingerprint density at radius 2 is 1.73 bits per heavy atom. The van der Waals surface area contributed by atoms with Gasteiger partial charge >= 0.3 is 18.0 Å². The highest BCUT2D eigenvalue weighted by Crippen LogP contribution is 2.28. The van der Waals surface area contributed by atoms with Crippen molar-refractivity contribution in [2.75, 3.05) is 18.0 Å². The minimum atomic E-state index is -2.27. The van der Waals surface area contributed by atoms with E-state index in [1.165, 1.54) is 18.3 Å². The van der Waals surface area contributed by atoms with E-state index in [4.69, 9.17) is 41.4 Å². The van der Waals surface area contributed by atoms with Crippen LogP contribution in [0.1, 0.15) is 5.56 Å². The Morgan fingerprint density at radius 1 is 1.11 bits per heavy atom. The number of aliphatic hydroxyl groups is 2. The number of amides is 1. The maximum atomic E-state index is 14.7. The largest absolute Gasteiger partial charge is 0.485 e. The van der Waals surface area contributed by atoms with Gasteiger partial charge < -0.3 is 51.3 Å². The van der Waals surface area contributed by atoms with Gasteiger partial charge in [0.15, 0.2) is 24.0 Å². The van der Waals surface area contributed by atoms with Gasteiger partial charge in [0, 0.05) is 17.8 Å². The minimum absolute atomic E-state index is 0.126. The van der Waals surface area contributed by atoms with E-state index in [-0.39, 0.29) is 23.8 Å². The number of pyridine rings is 1. The first-order chi connectivity index (χ1) is 17.4. The Morgan fingerprint density at radius 3 is 2.24 bits per heavy atom. The fraction of sp³-hybridized carbons (Fsp3) is 0.286. The summed E-state index contributed by atoms with van der Waals surface area (Å²) in [5, 5.41) is 32.5. The topological polar surface area (TPSA) is 251 Å². The Bertz CT molecular complexity index is 1170. The van der Waals surface area contributed by atoms with Gasteiger partial charge in [-0.3, -0.25) is 4.79 Å². The number of aromatic nitrogens is 1. The Balaban J connectivity index is 0.000000410. The number of aliphatic hydroxyl groups excluding tert-OH is 2. The number of nitrogens with two attached hydrogens (primary N) is 2. The summed E-state index contributed by atoms with van der Waals surface area (Å²) < 4.78 is 25.2. The van der Waals surface area contributed by atoms with Crippen molar-refractivity contribution >= 4 is 29.7 Å². The molecule has 1 aliphatic heterocycles. The number of carbonyl (C=O) groups is 3. The van der Waals surface area contributed by atoms with Gasteiger partial charge in [0.1, 0.15) is 18.5 Å². The highest BCUT2D eigenvalue weighted by molar-refractivity contribution is 5.87. The summed E-state index contributed by atoms with van der Waals surface area (Å²) in [4.78, 5) is 49.4. The number of carbonyl (C=O) groups excluding carboxylic acids is 1. The van der Waals surface area contributed by atoms with Crippen molar-refractivity contribution < 1.29 is 48.7 Å². The van der Waals surface area contributed by atoms with Gasteiger partial charge in [-0.15, -0.1) is 4.99 Å². The number of rotatable bonds is 8. The van der Waals surface area contributed by atoms with Gasteiger partial charge in [0.25, 0.3) is 0 Å². The number of H-pyrrole nitrogens is 1. The van der Waals surface area contributed by atoms with Crippen molar-refractivity contribution in [3.8, 4) is 5.75 Å². The van der Waals surface area contributed by atoms with E-state index in [9.17, 15) is 23.6 Å². The third-order valence-corrected chi connectivity index (χ3v) is 4.68. The van der Waals surface area contributed by atoms with Crippen molar-refractivity contribution in [1.29, 1.82) is 0 Å². The summed E-state index contributed by atoms with van der Waals surface area (Å²) >= 11 is 0. The third-order valence-electron chi connectivity index (χ3n) is 4.68. The molecule has 1 aromatic heterocycles. The number of carboxylic acid groups (broad SMARTS) is 2. The van der Waals surface area contributed by atoms with Gasteiger partial charge in [0.05, 0.1) is 18.8 Å². The van der Waals surface area contributed by atoms with E-state index in [1.54, 1.807) is 23.1 Å². The lowest BCUT2D eigenvalue weighted by Gasteiger charge is -2.40. The molecule has 200 valence electrons. The van der Waals surface area contributed by atoms with Gasteiger partial charge in [-0.2, -0.15) is 0 Å². The monoisotopic (exact) mass is 525 g/mol. The number of anilines is 1. The van der Waals surface area contributed by atoms with Gasteiger partial charge in [0.2, 0.25) is 5.56 Å². The molecule has 2 aromatic rings. The molecule has 15 nitrogen and oxygen atoms in total. The molecule has 1 aromatic carbocycles. The summed E-state index contributed by atoms with van der Waals surface area (Å²) in [5.41, 5.74) is 10.5.